The second-order valence-electron chi connectivity index (χ2n) is 4.36. The summed E-state index contributed by atoms with van der Waals surface area (Å²) in [6.07, 6.45) is 5.08. The number of carbonyl (C=O) groups excluding carboxylic acids is 1. The number of rotatable bonds is 7. The summed E-state index contributed by atoms with van der Waals surface area (Å²) in [6.45, 7) is 3.75. The first-order valence-electron chi connectivity index (χ1n) is 6.70. The van der Waals surface area contributed by atoms with Crippen LogP contribution in [0.3, 0.4) is 0 Å². The fraction of sp³-hybridized carbons (Fsp3) is 0.400. The Morgan fingerprint density at radius 3 is 2.90 bits per heavy atom. The fourth-order valence-electron chi connectivity index (χ4n) is 1.84. The third-order valence-corrected chi connectivity index (χ3v) is 2.87. The zero-order valence-corrected chi connectivity index (χ0v) is 11.9. The van der Waals surface area contributed by atoms with Crippen LogP contribution < -0.4 is 24.8 Å². The van der Waals surface area contributed by atoms with Gasteiger partial charge in [0.25, 0.3) is 5.91 Å². The molecule has 0 atom stereocenters. The van der Waals surface area contributed by atoms with E-state index >= 15 is 0 Å². The van der Waals surface area contributed by atoms with E-state index in [9.17, 15) is 4.79 Å². The van der Waals surface area contributed by atoms with Crippen molar-refractivity contribution in [2.24, 2.45) is 0 Å². The highest BCUT2D eigenvalue weighted by atomic mass is 16.7. The predicted molar refractivity (Wildman–Crippen MR) is 77.3 cm³/mol. The first kappa shape index (κ1) is 15.0. The van der Waals surface area contributed by atoms with Crippen LogP contribution >= 0.6 is 0 Å². The third kappa shape index (κ3) is 4.04. The van der Waals surface area contributed by atoms with Gasteiger partial charge in [-0.15, -0.1) is 6.42 Å². The molecule has 0 spiro atoms. The van der Waals surface area contributed by atoms with Crippen molar-refractivity contribution in [1.82, 2.24) is 10.6 Å². The molecule has 0 saturated heterocycles. The van der Waals surface area contributed by atoms with E-state index in [2.05, 4.69) is 16.6 Å². The Hall–Kier alpha value is -2.39. The molecule has 0 unspecified atom stereocenters. The van der Waals surface area contributed by atoms with Gasteiger partial charge in [0.1, 0.15) is 5.75 Å². The van der Waals surface area contributed by atoms with Crippen LogP contribution in [0.25, 0.3) is 0 Å². The number of terminal acetylenes is 1. The summed E-state index contributed by atoms with van der Waals surface area (Å²) in [5, 5.41) is 5.76. The molecule has 21 heavy (non-hydrogen) atoms. The Morgan fingerprint density at radius 1 is 1.43 bits per heavy atom. The first-order valence-corrected chi connectivity index (χ1v) is 6.70. The van der Waals surface area contributed by atoms with E-state index in [1.54, 1.807) is 6.07 Å². The van der Waals surface area contributed by atoms with Gasteiger partial charge in [-0.2, -0.15) is 0 Å². The highest BCUT2D eigenvalue weighted by molar-refractivity contribution is 5.77. The largest absolute Gasteiger partial charge is 0.483 e. The molecule has 1 aromatic carbocycles. The van der Waals surface area contributed by atoms with Crippen LogP contribution in [0.5, 0.6) is 17.2 Å². The van der Waals surface area contributed by atoms with Gasteiger partial charge < -0.3 is 24.8 Å². The first-order chi connectivity index (χ1) is 10.2. The minimum Gasteiger partial charge on any atom is -0.483 e. The average molecular weight is 290 g/mol. The van der Waals surface area contributed by atoms with Crippen molar-refractivity contribution in [2.45, 2.75) is 13.5 Å². The van der Waals surface area contributed by atoms with Gasteiger partial charge in [0.15, 0.2) is 18.1 Å². The molecule has 0 aromatic heterocycles. The van der Waals surface area contributed by atoms with E-state index in [0.717, 1.165) is 12.1 Å². The summed E-state index contributed by atoms with van der Waals surface area (Å²) in [7, 11) is 0. The molecule has 6 heteroatoms. The van der Waals surface area contributed by atoms with Crippen LogP contribution in [0.1, 0.15) is 12.5 Å². The number of amides is 1. The van der Waals surface area contributed by atoms with Crippen molar-refractivity contribution in [3.8, 4) is 29.6 Å². The number of nitrogens with one attached hydrogen (secondary N) is 2. The number of ether oxygens (including phenoxy) is 3. The Balaban J connectivity index is 2.06. The number of hydrogen-bond acceptors (Lipinski definition) is 5. The normalized spacial score (nSPS) is 11.8. The Kier molecular flexibility index (Phi) is 5.29. The molecule has 1 aromatic rings. The standard InChI is InChI=1S/C15H18N2O4/c1-3-5-17-15(18)9-19-12-7-14-13(20-10-21-14)6-11(12)8-16-4-2/h1,6-7,16H,4-5,8-10H2,2H3,(H,17,18). The van der Waals surface area contributed by atoms with Gasteiger partial charge in [0, 0.05) is 18.2 Å². The van der Waals surface area contributed by atoms with E-state index in [0.29, 0.717) is 23.8 Å². The number of hydrogen-bond donors (Lipinski definition) is 2. The highest BCUT2D eigenvalue weighted by Gasteiger charge is 2.18. The monoisotopic (exact) mass is 290 g/mol. The smallest absolute Gasteiger partial charge is 0.258 e. The molecule has 1 aliphatic heterocycles. The molecule has 0 radical (unpaired) electrons. The fourth-order valence-corrected chi connectivity index (χ4v) is 1.84. The molecule has 0 bridgehead atoms. The van der Waals surface area contributed by atoms with E-state index in [1.807, 2.05) is 13.0 Å². The quantitative estimate of drug-likeness (QED) is 0.722. The molecule has 2 N–H and O–H groups in total. The van der Waals surface area contributed by atoms with Crippen molar-refractivity contribution in [2.75, 3.05) is 26.5 Å². The minimum atomic E-state index is -0.264. The van der Waals surface area contributed by atoms with E-state index < -0.39 is 0 Å². The molecular weight excluding hydrogens is 272 g/mol. The molecule has 1 amide bonds. The molecule has 1 heterocycles. The maximum absolute atomic E-state index is 11.5. The molecular formula is C15H18N2O4. The third-order valence-electron chi connectivity index (χ3n) is 2.87. The molecule has 0 fully saturated rings. The van der Waals surface area contributed by atoms with Crippen LogP contribution in [0.4, 0.5) is 0 Å². The lowest BCUT2D eigenvalue weighted by Crippen LogP contribution is -2.29. The second kappa shape index (κ2) is 7.41. The van der Waals surface area contributed by atoms with Crippen molar-refractivity contribution in [3.05, 3.63) is 17.7 Å². The zero-order valence-electron chi connectivity index (χ0n) is 11.9. The lowest BCUT2D eigenvalue weighted by Gasteiger charge is -2.12. The van der Waals surface area contributed by atoms with Crippen LogP contribution in [0.2, 0.25) is 0 Å². The summed E-state index contributed by atoms with van der Waals surface area (Å²) in [4.78, 5) is 11.5. The SMILES string of the molecule is C#CCNC(=O)COc1cc2c(cc1CNCC)OCO2. The van der Waals surface area contributed by atoms with Gasteiger partial charge >= 0.3 is 0 Å². The zero-order chi connectivity index (χ0) is 15.1. The van der Waals surface area contributed by atoms with Gasteiger partial charge in [-0.3, -0.25) is 4.79 Å². The topological polar surface area (TPSA) is 68.8 Å². The number of benzene rings is 1. The summed E-state index contributed by atoms with van der Waals surface area (Å²) < 4.78 is 16.2. The van der Waals surface area contributed by atoms with Gasteiger partial charge in [-0.1, -0.05) is 12.8 Å². The van der Waals surface area contributed by atoms with Gasteiger partial charge in [-0.05, 0) is 12.6 Å². The molecule has 112 valence electrons. The maximum Gasteiger partial charge on any atom is 0.258 e. The lowest BCUT2D eigenvalue weighted by atomic mass is 10.1. The van der Waals surface area contributed by atoms with Crippen molar-refractivity contribution in [1.29, 1.82) is 0 Å². The molecule has 0 aliphatic carbocycles. The Morgan fingerprint density at radius 2 is 2.19 bits per heavy atom. The number of carbonyl (C=O) groups is 1. The van der Waals surface area contributed by atoms with Gasteiger partial charge in [0.2, 0.25) is 6.79 Å². The molecule has 0 saturated carbocycles. The van der Waals surface area contributed by atoms with E-state index in [1.165, 1.54) is 0 Å². The minimum absolute atomic E-state index is 0.0968. The van der Waals surface area contributed by atoms with Crippen LogP contribution in [0.15, 0.2) is 12.1 Å². The van der Waals surface area contributed by atoms with Crippen molar-refractivity contribution < 1.29 is 19.0 Å². The maximum atomic E-state index is 11.5. The van der Waals surface area contributed by atoms with E-state index in [4.69, 9.17) is 20.6 Å². The molecule has 2 rings (SSSR count). The Labute approximate surface area is 123 Å². The van der Waals surface area contributed by atoms with E-state index in [-0.39, 0.29) is 25.9 Å². The Bertz CT molecular complexity index is 551. The van der Waals surface area contributed by atoms with Crippen molar-refractivity contribution >= 4 is 5.91 Å². The highest BCUT2D eigenvalue weighted by Crippen LogP contribution is 2.38. The summed E-state index contributed by atoms with van der Waals surface area (Å²) >= 11 is 0. The number of fused-ring (bicyclic) bond motifs is 1. The summed E-state index contributed by atoms with van der Waals surface area (Å²) in [6, 6.07) is 3.60. The van der Waals surface area contributed by atoms with Gasteiger partial charge in [-0.25, -0.2) is 0 Å². The summed E-state index contributed by atoms with van der Waals surface area (Å²) in [5.74, 6) is 3.97. The van der Waals surface area contributed by atoms with Crippen LogP contribution in [0, 0.1) is 12.3 Å². The van der Waals surface area contributed by atoms with Gasteiger partial charge in [0.05, 0.1) is 6.54 Å². The molecule has 1 aliphatic rings. The van der Waals surface area contributed by atoms with Crippen LogP contribution in [-0.2, 0) is 11.3 Å². The average Bonchev–Trinajstić information content (AvgIpc) is 2.95. The van der Waals surface area contributed by atoms with Crippen molar-refractivity contribution in [3.63, 3.8) is 0 Å². The van der Waals surface area contributed by atoms with Crippen LogP contribution in [-0.4, -0.2) is 32.4 Å². The summed E-state index contributed by atoms with van der Waals surface area (Å²) in [5.41, 5.74) is 0.908. The second-order valence-corrected chi connectivity index (χ2v) is 4.36. The molecule has 6 nitrogen and oxygen atoms in total. The predicted octanol–water partition coefficient (Wildman–Crippen LogP) is 0.653. The lowest BCUT2D eigenvalue weighted by molar-refractivity contribution is -0.122.